The van der Waals surface area contributed by atoms with Crippen LogP contribution in [0.5, 0.6) is 17.2 Å². The highest BCUT2D eigenvalue weighted by atomic mass is 19.1. The molecule has 1 heterocycles. The van der Waals surface area contributed by atoms with Crippen LogP contribution < -0.4 is 9.47 Å². The van der Waals surface area contributed by atoms with E-state index in [1.165, 1.54) is 12.1 Å². The molecule has 3 aromatic rings. The van der Waals surface area contributed by atoms with Crippen molar-refractivity contribution in [2.75, 3.05) is 13.1 Å². The minimum atomic E-state index is -0.607. The molecule has 1 aliphatic rings. The Morgan fingerprint density at radius 2 is 1.57 bits per heavy atom. The number of nitrogens with zero attached hydrogens (tertiary/aromatic N) is 1. The van der Waals surface area contributed by atoms with Gasteiger partial charge >= 0.3 is 0 Å². The third-order valence-electron chi connectivity index (χ3n) is 4.70. The van der Waals surface area contributed by atoms with Crippen LogP contribution >= 0.6 is 0 Å². The van der Waals surface area contributed by atoms with E-state index in [4.69, 9.17) is 9.47 Å². The highest BCUT2D eigenvalue weighted by Crippen LogP contribution is 2.24. The quantitative estimate of drug-likeness (QED) is 0.696. The molecule has 1 fully saturated rings. The van der Waals surface area contributed by atoms with Gasteiger partial charge in [0.2, 0.25) is 0 Å². The van der Waals surface area contributed by atoms with Crippen molar-refractivity contribution in [2.24, 2.45) is 0 Å². The van der Waals surface area contributed by atoms with Crippen LogP contribution in [0.15, 0.2) is 78.9 Å². The predicted molar refractivity (Wildman–Crippen MR) is 105 cm³/mol. The van der Waals surface area contributed by atoms with Crippen LogP contribution in [0.2, 0.25) is 0 Å². The van der Waals surface area contributed by atoms with Crippen molar-refractivity contribution in [3.63, 3.8) is 0 Å². The van der Waals surface area contributed by atoms with E-state index in [1.807, 2.05) is 54.6 Å². The number of hydrogen-bond acceptors (Lipinski definition) is 4. The predicted octanol–water partition coefficient (Wildman–Crippen LogP) is 4.24. The fraction of sp³-hybridized carbons (Fsp3) is 0.217. The molecule has 0 spiro atoms. The van der Waals surface area contributed by atoms with Gasteiger partial charge in [0.05, 0.1) is 0 Å². The van der Waals surface area contributed by atoms with Crippen molar-refractivity contribution in [1.82, 2.24) is 4.90 Å². The molecule has 2 unspecified atom stereocenters. The number of halogens is 1. The minimum absolute atomic E-state index is 0.348. The molecule has 0 aromatic heterocycles. The van der Waals surface area contributed by atoms with Gasteiger partial charge in [-0.15, -0.1) is 0 Å². The third-order valence-corrected chi connectivity index (χ3v) is 4.70. The van der Waals surface area contributed by atoms with Crippen LogP contribution in [-0.4, -0.2) is 35.3 Å². The standard InChI is InChI=1S/C23H22FNO3/c24-18-5-4-8-21(13-18)28-23-16-25(15-22(23)26)14-17-9-11-20(12-10-17)27-19-6-2-1-3-7-19/h1-13,22-23,26H,14-16H2. The molecular weight excluding hydrogens is 357 g/mol. The maximum atomic E-state index is 13.3. The average Bonchev–Trinajstić information content (AvgIpc) is 3.03. The molecular formula is C23H22FNO3. The molecule has 144 valence electrons. The molecule has 0 aliphatic carbocycles. The van der Waals surface area contributed by atoms with Crippen LogP contribution in [0.25, 0.3) is 0 Å². The van der Waals surface area contributed by atoms with E-state index in [0.717, 1.165) is 17.1 Å². The van der Waals surface area contributed by atoms with Crippen molar-refractivity contribution in [3.05, 3.63) is 90.2 Å². The minimum Gasteiger partial charge on any atom is -0.486 e. The molecule has 5 heteroatoms. The van der Waals surface area contributed by atoms with E-state index in [-0.39, 0.29) is 11.9 Å². The number of rotatable bonds is 6. The number of β-amino-alcohol motifs (C(OH)–C–C–N with tert-alkyl or cyclic N) is 1. The van der Waals surface area contributed by atoms with Crippen LogP contribution in [0.4, 0.5) is 4.39 Å². The summed E-state index contributed by atoms with van der Waals surface area (Å²) in [4.78, 5) is 2.13. The van der Waals surface area contributed by atoms with Crippen LogP contribution in [-0.2, 0) is 6.54 Å². The Hall–Kier alpha value is -2.89. The van der Waals surface area contributed by atoms with Crippen molar-refractivity contribution in [3.8, 4) is 17.2 Å². The highest BCUT2D eigenvalue weighted by Gasteiger charge is 2.33. The second kappa shape index (κ2) is 8.42. The van der Waals surface area contributed by atoms with E-state index >= 15 is 0 Å². The fourth-order valence-electron chi connectivity index (χ4n) is 3.34. The number of hydrogen-bond donors (Lipinski definition) is 1. The molecule has 1 N–H and O–H groups in total. The van der Waals surface area contributed by atoms with Crippen molar-refractivity contribution >= 4 is 0 Å². The first-order valence-corrected chi connectivity index (χ1v) is 9.30. The molecule has 0 amide bonds. The lowest BCUT2D eigenvalue weighted by molar-refractivity contribution is 0.0734. The van der Waals surface area contributed by atoms with Gasteiger partial charge in [-0.3, -0.25) is 4.90 Å². The average molecular weight is 379 g/mol. The summed E-state index contributed by atoms with van der Waals surface area (Å²) in [6, 6.07) is 23.6. The van der Waals surface area contributed by atoms with Gasteiger partial charge in [0, 0.05) is 25.7 Å². The molecule has 1 aliphatic heterocycles. The van der Waals surface area contributed by atoms with Gasteiger partial charge in [-0.2, -0.15) is 0 Å². The van der Waals surface area contributed by atoms with Gasteiger partial charge in [-0.1, -0.05) is 36.4 Å². The SMILES string of the molecule is OC1CN(Cc2ccc(Oc3ccccc3)cc2)CC1Oc1cccc(F)c1. The van der Waals surface area contributed by atoms with E-state index in [0.29, 0.717) is 25.4 Å². The summed E-state index contributed by atoms with van der Waals surface area (Å²) in [5.41, 5.74) is 1.12. The number of para-hydroxylation sites is 1. The number of ether oxygens (including phenoxy) is 2. The van der Waals surface area contributed by atoms with Gasteiger partial charge in [0.25, 0.3) is 0 Å². The van der Waals surface area contributed by atoms with Crippen LogP contribution in [0.1, 0.15) is 5.56 Å². The topological polar surface area (TPSA) is 41.9 Å². The van der Waals surface area contributed by atoms with Crippen LogP contribution in [0, 0.1) is 5.82 Å². The van der Waals surface area contributed by atoms with Gasteiger partial charge in [-0.05, 0) is 42.0 Å². The lowest BCUT2D eigenvalue weighted by Crippen LogP contribution is -2.29. The summed E-state index contributed by atoms with van der Waals surface area (Å²) in [7, 11) is 0. The first kappa shape index (κ1) is 18.5. The van der Waals surface area contributed by atoms with Crippen LogP contribution in [0.3, 0.4) is 0 Å². The Bertz CT molecular complexity index is 901. The zero-order chi connectivity index (χ0) is 19.3. The summed E-state index contributed by atoms with van der Waals surface area (Å²) in [5.74, 6) is 1.67. The van der Waals surface area contributed by atoms with Gasteiger partial charge in [0.15, 0.2) is 0 Å². The summed E-state index contributed by atoms with van der Waals surface area (Å²) in [6.07, 6.45) is -0.980. The number of benzene rings is 3. The van der Waals surface area contributed by atoms with E-state index < -0.39 is 6.10 Å². The second-order valence-electron chi connectivity index (χ2n) is 6.93. The molecule has 4 nitrogen and oxygen atoms in total. The molecule has 0 bridgehead atoms. The van der Waals surface area contributed by atoms with Crippen molar-refractivity contribution in [1.29, 1.82) is 0 Å². The number of aliphatic hydroxyl groups excluding tert-OH is 1. The van der Waals surface area contributed by atoms with E-state index in [9.17, 15) is 9.50 Å². The highest BCUT2D eigenvalue weighted by molar-refractivity contribution is 5.33. The zero-order valence-electron chi connectivity index (χ0n) is 15.4. The fourth-order valence-corrected chi connectivity index (χ4v) is 3.34. The molecule has 28 heavy (non-hydrogen) atoms. The molecule has 4 rings (SSSR count). The Balaban J connectivity index is 1.33. The Morgan fingerprint density at radius 1 is 0.857 bits per heavy atom. The van der Waals surface area contributed by atoms with Crippen molar-refractivity contribution < 1.29 is 19.0 Å². The first-order chi connectivity index (χ1) is 13.7. The maximum Gasteiger partial charge on any atom is 0.138 e. The second-order valence-corrected chi connectivity index (χ2v) is 6.93. The Kier molecular flexibility index (Phi) is 5.55. The number of aliphatic hydroxyl groups is 1. The van der Waals surface area contributed by atoms with Gasteiger partial charge in [0.1, 0.15) is 35.3 Å². The Morgan fingerprint density at radius 3 is 2.32 bits per heavy atom. The lowest BCUT2D eigenvalue weighted by Gasteiger charge is -2.17. The summed E-state index contributed by atoms with van der Waals surface area (Å²) >= 11 is 0. The molecule has 2 atom stereocenters. The summed E-state index contributed by atoms with van der Waals surface area (Å²) in [6.45, 7) is 1.80. The third kappa shape index (κ3) is 4.68. The molecule has 3 aromatic carbocycles. The largest absolute Gasteiger partial charge is 0.486 e. The normalized spacial score (nSPS) is 19.5. The van der Waals surface area contributed by atoms with E-state index in [1.54, 1.807) is 12.1 Å². The van der Waals surface area contributed by atoms with Gasteiger partial charge < -0.3 is 14.6 Å². The van der Waals surface area contributed by atoms with E-state index in [2.05, 4.69) is 4.90 Å². The molecule has 1 saturated heterocycles. The monoisotopic (exact) mass is 379 g/mol. The van der Waals surface area contributed by atoms with Crippen molar-refractivity contribution in [2.45, 2.75) is 18.8 Å². The zero-order valence-corrected chi connectivity index (χ0v) is 15.4. The summed E-state index contributed by atoms with van der Waals surface area (Å²) in [5, 5.41) is 10.3. The number of likely N-dealkylation sites (tertiary alicyclic amines) is 1. The summed E-state index contributed by atoms with van der Waals surface area (Å²) < 4.78 is 24.9. The molecule has 0 saturated carbocycles. The van der Waals surface area contributed by atoms with Gasteiger partial charge in [-0.25, -0.2) is 4.39 Å². The first-order valence-electron chi connectivity index (χ1n) is 9.30. The lowest BCUT2D eigenvalue weighted by atomic mass is 10.2. The maximum absolute atomic E-state index is 13.3. The molecule has 0 radical (unpaired) electrons. The Labute approximate surface area is 163 Å². The smallest absolute Gasteiger partial charge is 0.138 e.